The number of hydrogen-bond acceptors (Lipinski definition) is 3. The largest absolute Gasteiger partial charge is 0.388 e. The summed E-state index contributed by atoms with van der Waals surface area (Å²) >= 11 is 0. The summed E-state index contributed by atoms with van der Waals surface area (Å²) in [7, 11) is -3.57. The SMILES string of the molecule is CCC(O)c1cccc(S(=O)(=O)NC(C)C(C)(C)C)c1. The monoisotopic (exact) mass is 299 g/mol. The third-order valence-corrected chi connectivity index (χ3v) is 5.11. The highest BCUT2D eigenvalue weighted by molar-refractivity contribution is 7.89. The maximum absolute atomic E-state index is 12.4. The van der Waals surface area contributed by atoms with Crippen molar-refractivity contribution in [1.82, 2.24) is 4.72 Å². The summed E-state index contributed by atoms with van der Waals surface area (Å²) in [6.07, 6.45) is -0.0832. The molecule has 0 radical (unpaired) electrons. The fourth-order valence-electron chi connectivity index (χ4n) is 1.60. The molecule has 2 unspecified atom stereocenters. The average molecular weight is 299 g/mol. The van der Waals surface area contributed by atoms with Gasteiger partial charge in [-0.3, -0.25) is 0 Å². The number of rotatable bonds is 5. The number of sulfonamides is 1. The average Bonchev–Trinajstić information content (AvgIpc) is 2.36. The van der Waals surface area contributed by atoms with Crippen LogP contribution >= 0.6 is 0 Å². The van der Waals surface area contributed by atoms with Crippen LogP contribution in [0.1, 0.15) is 52.7 Å². The fourth-order valence-corrected chi connectivity index (χ4v) is 3.11. The van der Waals surface area contributed by atoms with E-state index in [1.54, 1.807) is 18.2 Å². The highest BCUT2D eigenvalue weighted by atomic mass is 32.2. The van der Waals surface area contributed by atoms with Gasteiger partial charge in [0, 0.05) is 6.04 Å². The summed E-state index contributed by atoms with van der Waals surface area (Å²) in [6, 6.07) is 6.28. The lowest BCUT2D eigenvalue weighted by Crippen LogP contribution is -2.41. The van der Waals surface area contributed by atoms with Crippen LogP contribution in [0.15, 0.2) is 29.2 Å². The van der Waals surface area contributed by atoms with Crippen LogP contribution in [-0.2, 0) is 10.0 Å². The van der Waals surface area contributed by atoms with Gasteiger partial charge in [-0.2, -0.15) is 0 Å². The van der Waals surface area contributed by atoms with E-state index >= 15 is 0 Å². The van der Waals surface area contributed by atoms with E-state index in [-0.39, 0.29) is 16.4 Å². The smallest absolute Gasteiger partial charge is 0.240 e. The van der Waals surface area contributed by atoms with Gasteiger partial charge in [0.1, 0.15) is 0 Å². The van der Waals surface area contributed by atoms with Gasteiger partial charge in [-0.15, -0.1) is 0 Å². The minimum absolute atomic E-state index is 0.159. The van der Waals surface area contributed by atoms with Crippen molar-refractivity contribution in [2.24, 2.45) is 5.41 Å². The highest BCUT2D eigenvalue weighted by Crippen LogP contribution is 2.23. The summed E-state index contributed by atoms with van der Waals surface area (Å²) in [5.41, 5.74) is 0.465. The molecule has 1 rings (SSSR count). The van der Waals surface area contributed by atoms with Gasteiger partial charge in [-0.1, -0.05) is 39.8 Å². The second-order valence-corrected chi connectivity index (χ2v) is 7.92. The second kappa shape index (κ2) is 6.24. The summed E-state index contributed by atoms with van der Waals surface area (Å²) in [5, 5.41) is 9.82. The van der Waals surface area contributed by atoms with Gasteiger partial charge < -0.3 is 5.11 Å². The molecule has 2 atom stereocenters. The van der Waals surface area contributed by atoms with Crippen LogP contribution in [-0.4, -0.2) is 19.6 Å². The van der Waals surface area contributed by atoms with E-state index in [1.807, 2.05) is 34.6 Å². The van der Waals surface area contributed by atoms with Crippen LogP contribution in [0.4, 0.5) is 0 Å². The summed E-state index contributed by atoms with van der Waals surface area (Å²) in [6.45, 7) is 9.65. The van der Waals surface area contributed by atoms with E-state index in [4.69, 9.17) is 0 Å². The second-order valence-electron chi connectivity index (χ2n) is 6.21. The molecule has 4 nitrogen and oxygen atoms in total. The zero-order valence-corrected chi connectivity index (χ0v) is 13.7. The maximum Gasteiger partial charge on any atom is 0.240 e. The third-order valence-electron chi connectivity index (χ3n) is 3.57. The Morgan fingerprint density at radius 2 is 1.90 bits per heavy atom. The number of nitrogens with one attached hydrogen (secondary N) is 1. The van der Waals surface area contributed by atoms with Crippen molar-refractivity contribution in [3.8, 4) is 0 Å². The van der Waals surface area contributed by atoms with E-state index in [2.05, 4.69) is 4.72 Å². The number of benzene rings is 1. The van der Waals surface area contributed by atoms with Gasteiger partial charge in [0.05, 0.1) is 11.0 Å². The van der Waals surface area contributed by atoms with Gasteiger partial charge in [0.25, 0.3) is 0 Å². The van der Waals surface area contributed by atoms with E-state index in [0.29, 0.717) is 12.0 Å². The third kappa shape index (κ3) is 4.30. The standard InChI is InChI=1S/C15H25NO3S/c1-6-14(17)12-8-7-9-13(10-12)20(18,19)16-11(2)15(3,4)5/h7-11,14,16-17H,6H2,1-5H3. The first-order valence-electron chi connectivity index (χ1n) is 6.88. The first kappa shape index (κ1) is 17.1. The van der Waals surface area contributed by atoms with Crippen molar-refractivity contribution in [2.45, 2.75) is 58.1 Å². The van der Waals surface area contributed by atoms with Crippen molar-refractivity contribution in [2.75, 3.05) is 0 Å². The van der Waals surface area contributed by atoms with E-state index in [0.717, 1.165) is 0 Å². The molecule has 2 N–H and O–H groups in total. The van der Waals surface area contributed by atoms with E-state index < -0.39 is 16.1 Å². The Labute approximate surface area is 122 Å². The van der Waals surface area contributed by atoms with Crippen LogP contribution < -0.4 is 4.72 Å². The molecule has 0 saturated heterocycles. The molecule has 20 heavy (non-hydrogen) atoms. The van der Waals surface area contributed by atoms with Gasteiger partial charge in [-0.25, -0.2) is 13.1 Å². The van der Waals surface area contributed by atoms with Crippen LogP contribution in [0.25, 0.3) is 0 Å². The molecule has 0 spiro atoms. The molecule has 1 aromatic carbocycles. The molecular weight excluding hydrogens is 274 g/mol. The van der Waals surface area contributed by atoms with E-state index in [9.17, 15) is 13.5 Å². The zero-order valence-electron chi connectivity index (χ0n) is 12.8. The fraction of sp³-hybridized carbons (Fsp3) is 0.600. The Hall–Kier alpha value is -0.910. The predicted molar refractivity (Wildman–Crippen MR) is 80.9 cm³/mol. The van der Waals surface area contributed by atoms with Crippen LogP contribution in [0.3, 0.4) is 0 Å². The Balaban J connectivity index is 3.05. The van der Waals surface area contributed by atoms with Crippen molar-refractivity contribution < 1.29 is 13.5 Å². The molecule has 0 amide bonds. The maximum atomic E-state index is 12.4. The number of aliphatic hydroxyl groups is 1. The summed E-state index contributed by atoms with van der Waals surface area (Å²) in [4.78, 5) is 0.193. The van der Waals surface area contributed by atoms with Gasteiger partial charge in [0.2, 0.25) is 10.0 Å². The first-order chi connectivity index (χ1) is 9.08. The highest BCUT2D eigenvalue weighted by Gasteiger charge is 2.26. The first-order valence-corrected chi connectivity index (χ1v) is 8.36. The topological polar surface area (TPSA) is 66.4 Å². The molecule has 0 heterocycles. The molecule has 0 aliphatic rings. The molecule has 1 aromatic rings. The lowest BCUT2D eigenvalue weighted by molar-refractivity contribution is 0.173. The lowest BCUT2D eigenvalue weighted by atomic mass is 9.89. The van der Waals surface area contributed by atoms with E-state index in [1.165, 1.54) is 6.07 Å². The van der Waals surface area contributed by atoms with Crippen molar-refractivity contribution in [3.05, 3.63) is 29.8 Å². The molecule has 0 fully saturated rings. The van der Waals surface area contributed by atoms with Crippen molar-refractivity contribution in [1.29, 1.82) is 0 Å². The minimum atomic E-state index is -3.57. The normalized spacial score (nSPS) is 15.9. The molecule has 5 heteroatoms. The molecule has 0 aliphatic carbocycles. The molecular formula is C15H25NO3S. The van der Waals surface area contributed by atoms with Gasteiger partial charge in [0.15, 0.2) is 0 Å². The molecule has 0 aromatic heterocycles. The molecule has 0 bridgehead atoms. The predicted octanol–water partition coefficient (Wildman–Crippen LogP) is 2.84. The zero-order chi connectivity index (χ0) is 15.6. The van der Waals surface area contributed by atoms with Gasteiger partial charge >= 0.3 is 0 Å². The minimum Gasteiger partial charge on any atom is -0.388 e. The Morgan fingerprint density at radius 3 is 2.40 bits per heavy atom. The van der Waals surface area contributed by atoms with Crippen LogP contribution in [0, 0.1) is 5.41 Å². The molecule has 0 saturated carbocycles. The van der Waals surface area contributed by atoms with Crippen molar-refractivity contribution >= 4 is 10.0 Å². The Kier molecular flexibility index (Phi) is 5.35. The number of aliphatic hydroxyl groups excluding tert-OH is 1. The Bertz CT molecular complexity index is 546. The molecule has 114 valence electrons. The molecule has 0 aliphatic heterocycles. The van der Waals surface area contributed by atoms with Crippen molar-refractivity contribution in [3.63, 3.8) is 0 Å². The lowest BCUT2D eigenvalue weighted by Gasteiger charge is -2.27. The van der Waals surface area contributed by atoms with Crippen LogP contribution in [0.5, 0.6) is 0 Å². The van der Waals surface area contributed by atoms with Crippen LogP contribution in [0.2, 0.25) is 0 Å². The van der Waals surface area contributed by atoms with Gasteiger partial charge in [-0.05, 0) is 36.5 Å². The summed E-state index contributed by atoms with van der Waals surface area (Å²) in [5.74, 6) is 0. The number of hydrogen-bond donors (Lipinski definition) is 2. The quantitative estimate of drug-likeness (QED) is 0.878. The summed E-state index contributed by atoms with van der Waals surface area (Å²) < 4.78 is 27.4. The Morgan fingerprint density at radius 1 is 1.30 bits per heavy atom.